The van der Waals surface area contributed by atoms with Crippen molar-refractivity contribution in [3.63, 3.8) is 0 Å². The highest BCUT2D eigenvalue weighted by atomic mass is 14.1. The number of benzene rings is 2. The molecular weight excluding hydrogens is 204 g/mol. The molecular formula is C17H20. The zero-order chi connectivity index (χ0) is 12.3. The molecule has 0 aromatic heterocycles. The van der Waals surface area contributed by atoms with Gasteiger partial charge in [0.1, 0.15) is 0 Å². The smallest absolute Gasteiger partial charge is 0.00229 e. The maximum Gasteiger partial charge on any atom is -0.00229 e. The van der Waals surface area contributed by atoms with E-state index in [0.717, 1.165) is 6.42 Å². The van der Waals surface area contributed by atoms with Gasteiger partial charge in [-0.2, -0.15) is 0 Å². The molecule has 0 fully saturated rings. The molecule has 2 aromatic carbocycles. The third-order valence-electron chi connectivity index (χ3n) is 3.19. The zero-order valence-corrected chi connectivity index (χ0v) is 10.9. The van der Waals surface area contributed by atoms with Gasteiger partial charge in [0.25, 0.3) is 0 Å². The number of hydrogen-bond donors (Lipinski definition) is 0. The lowest BCUT2D eigenvalue weighted by Crippen LogP contribution is -1.97. The summed E-state index contributed by atoms with van der Waals surface area (Å²) >= 11 is 0. The van der Waals surface area contributed by atoms with Crippen LogP contribution in [0.4, 0.5) is 0 Å². The molecule has 0 aliphatic carbocycles. The van der Waals surface area contributed by atoms with E-state index in [-0.39, 0.29) is 0 Å². The Kier molecular flexibility index (Phi) is 3.63. The largest absolute Gasteiger partial charge is 0.0620 e. The molecule has 0 heterocycles. The van der Waals surface area contributed by atoms with Crippen LogP contribution in [0.25, 0.3) is 0 Å². The summed E-state index contributed by atoms with van der Waals surface area (Å²) in [7, 11) is 0. The Bertz CT molecular complexity index is 478. The summed E-state index contributed by atoms with van der Waals surface area (Å²) in [6, 6.07) is 17.6. The van der Waals surface area contributed by atoms with Crippen LogP contribution in [0.3, 0.4) is 0 Å². The first-order valence-electron chi connectivity index (χ1n) is 6.30. The van der Waals surface area contributed by atoms with Crippen molar-refractivity contribution in [1.82, 2.24) is 0 Å². The fourth-order valence-corrected chi connectivity index (χ4v) is 2.18. The fraction of sp³-hybridized carbons (Fsp3) is 0.294. The normalized spacial score (nSPS) is 10.8. The van der Waals surface area contributed by atoms with Crippen LogP contribution >= 0.6 is 0 Å². The van der Waals surface area contributed by atoms with E-state index >= 15 is 0 Å². The van der Waals surface area contributed by atoms with Crippen molar-refractivity contribution >= 4 is 0 Å². The molecule has 0 nitrogen and oxygen atoms in total. The lowest BCUT2D eigenvalue weighted by Gasteiger charge is -2.12. The summed E-state index contributed by atoms with van der Waals surface area (Å²) in [6.45, 7) is 6.65. The van der Waals surface area contributed by atoms with Crippen LogP contribution in [0.1, 0.15) is 42.0 Å². The summed E-state index contributed by atoms with van der Waals surface area (Å²) in [5, 5.41) is 0. The standard InChI is InChI=1S/C17H20/c1-13(2)17-7-5-4-6-16(17)12-15-10-8-14(3)9-11-15/h4-11,13H,12H2,1-3H3. The van der Waals surface area contributed by atoms with Crippen molar-refractivity contribution in [2.45, 2.75) is 33.1 Å². The Labute approximate surface area is 104 Å². The number of rotatable bonds is 3. The summed E-state index contributed by atoms with van der Waals surface area (Å²) in [6.07, 6.45) is 1.04. The lowest BCUT2D eigenvalue weighted by atomic mass is 9.93. The molecule has 0 aliphatic rings. The lowest BCUT2D eigenvalue weighted by molar-refractivity contribution is 0.848. The minimum Gasteiger partial charge on any atom is -0.0620 e. The fourth-order valence-electron chi connectivity index (χ4n) is 2.18. The van der Waals surface area contributed by atoms with Gasteiger partial charge in [0, 0.05) is 0 Å². The molecule has 17 heavy (non-hydrogen) atoms. The molecule has 0 N–H and O–H groups in total. The van der Waals surface area contributed by atoms with Crippen LogP contribution in [-0.2, 0) is 6.42 Å². The van der Waals surface area contributed by atoms with Gasteiger partial charge in [0.05, 0.1) is 0 Å². The predicted octanol–water partition coefficient (Wildman–Crippen LogP) is 4.71. The second-order valence-corrected chi connectivity index (χ2v) is 5.02. The molecule has 0 saturated heterocycles. The monoisotopic (exact) mass is 224 g/mol. The summed E-state index contributed by atoms with van der Waals surface area (Å²) in [5.74, 6) is 0.594. The molecule has 2 rings (SSSR count). The van der Waals surface area contributed by atoms with Gasteiger partial charge in [-0.05, 0) is 36.0 Å². The van der Waals surface area contributed by atoms with Gasteiger partial charge in [-0.1, -0.05) is 67.9 Å². The first-order valence-corrected chi connectivity index (χ1v) is 6.30. The van der Waals surface area contributed by atoms with E-state index in [4.69, 9.17) is 0 Å². The van der Waals surface area contributed by atoms with E-state index in [0.29, 0.717) is 5.92 Å². The first-order chi connectivity index (χ1) is 8.16. The van der Waals surface area contributed by atoms with Gasteiger partial charge < -0.3 is 0 Å². The highest BCUT2D eigenvalue weighted by Crippen LogP contribution is 2.21. The van der Waals surface area contributed by atoms with Crippen LogP contribution in [0.15, 0.2) is 48.5 Å². The molecule has 0 unspecified atom stereocenters. The van der Waals surface area contributed by atoms with Crippen molar-refractivity contribution in [2.24, 2.45) is 0 Å². The molecule has 0 heteroatoms. The van der Waals surface area contributed by atoms with E-state index < -0.39 is 0 Å². The van der Waals surface area contributed by atoms with Gasteiger partial charge in [-0.25, -0.2) is 0 Å². The highest BCUT2D eigenvalue weighted by molar-refractivity contribution is 5.35. The van der Waals surface area contributed by atoms with Crippen LogP contribution in [-0.4, -0.2) is 0 Å². The van der Waals surface area contributed by atoms with Crippen LogP contribution in [0.2, 0.25) is 0 Å². The van der Waals surface area contributed by atoms with E-state index in [1.54, 1.807) is 0 Å². The Morgan fingerprint density at radius 1 is 0.882 bits per heavy atom. The number of hydrogen-bond acceptors (Lipinski definition) is 0. The summed E-state index contributed by atoms with van der Waals surface area (Å²) < 4.78 is 0. The molecule has 0 saturated carbocycles. The molecule has 0 amide bonds. The van der Waals surface area contributed by atoms with E-state index in [1.165, 1.54) is 22.3 Å². The Balaban J connectivity index is 2.26. The molecule has 88 valence electrons. The van der Waals surface area contributed by atoms with Gasteiger partial charge >= 0.3 is 0 Å². The van der Waals surface area contributed by atoms with E-state index in [2.05, 4.69) is 69.3 Å². The minimum absolute atomic E-state index is 0.594. The van der Waals surface area contributed by atoms with Crippen molar-refractivity contribution in [2.75, 3.05) is 0 Å². The van der Waals surface area contributed by atoms with Crippen molar-refractivity contribution in [3.8, 4) is 0 Å². The summed E-state index contributed by atoms with van der Waals surface area (Å²) in [5.41, 5.74) is 5.63. The Morgan fingerprint density at radius 2 is 1.53 bits per heavy atom. The van der Waals surface area contributed by atoms with Crippen molar-refractivity contribution < 1.29 is 0 Å². The van der Waals surface area contributed by atoms with E-state index in [1.807, 2.05) is 0 Å². The van der Waals surface area contributed by atoms with Gasteiger partial charge in [0.15, 0.2) is 0 Å². The zero-order valence-electron chi connectivity index (χ0n) is 10.9. The average molecular weight is 224 g/mol. The maximum absolute atomic E-state index is 2.26. The molecule has 2 aromatic rings. The molecule has 0 bridgehead atoms. The van der Waals surface area contributed by atoms with Crippen LogP contribution in [0.5, 0.6) is 0 Å². The third kappa shape index (κ3) is 2.97. The topological polar surface area (TPSA) is 0 Å². The SMILES string of the molecule is Cc1ccc(Cc2ccccc2C(C)C)cc1. The van der Waals surface area contributed by atoms with Gasteiger partial charge in [0.2, 0.25) is 0 Å². The molecule has 0 spiro atoms. The van der Waals surface area contributed by atoms with Gasteiger partial charge in [-0.3, -0.25) is 0 Å². The van der Waals surface area contributed by atoms with Gasteiger partial charge in [-0.15, -0.1) is 0 Å². The Hall–Kier alpha value is -1.56. The third-order valence-corrected chi connectivity index (χ3v) is 3.19. The Morgan fingerprint density at radius 3 is 2.18 bits per heavy atom. The second-order valence-electron chi connectivity index (χ2n) is 5.02. The summed E-state index contributed by atoms with van der Waals surface area (Å²) in [4.78, 5) is 0. The van der Waals surface area contributed by atoms with Crippen molar-refractivity contribution in [3.05, 3.63) is 70.8 Å². The number of aryl methyl sites for hydroxylation is 1. The van der Waals surface area contributed by atoms with Crippen molar-refractivity contribution in [1.29, 1.82) is 0 Å². The molecule has 0 radical (unpaired) electrons. The quantitative estimate of drug-likeness (QED) is 0.708. The average Bonchev–Trinajstić information content (AvgIpc) is 2.32. The first kappa shape index (κ1) is 11.9. The minimum atomic E-state index is 0.594. The molecule has 0 atom stereocenters. The predicted molar refractivity (Wildman–Crippen MR) is 74.5 cm³/mol. The highest BCUT2D eigenvalue weighted by Gasteiger charge is 2.06. The van der Waals surface area contributed by atoms with Crippen LogP contribution in [0, 0.1) is 6.92 Å². The maximum atomic E-state index is 2.26. The second kappa shape index (κ2) is 5.18. The van der Waals surface area contributed by atoms with E-state index in [9.17, 15) is 0 Å². The molecule has 0 aliphatic heterocycles. The van der Waals surface area contributed by atoms with Crippen LogP contribution < -0.4 is 0 Å².